The first kappa shape index (κ1) is 16.7. The minimum absolute atomic E-state index is 0.187. The number of ether oxygens (including phenoxy) is 1. The van der Waals surface area contributed by atoms with Crippen LogP contribution in [0, 0.1) is 0 Å². The van der Waals surface area contributed by atoms with Crippen molar-refractivity contribution in [1.82, 2.24) is 9.88 Å². The number of para-hydroxylation sites is 2. The number of nitrogens with one attached hydrogen (secondary N) is 1. The molecule has 2 aromatic carbocycles. The summed E-state index contributed by atoms with van der Waals surface area (Å²) < 4.78 is 5.37. The number of hydrogen-bond acceptors (Lipinski definition) is 2. The first-order chi connectivity index (χ1) is 12.8. The molecule has 3 aromatic rings. The number of aromatic amines is 1. The third-order valence-electron chi connectivity index (χ3n) is 5.44. The van der Waals surface area contributed by atoms with Crippen molar-refractivity contribution in [3.63, 3.8) is 0 Å². The molecule has 1 aliphatic heterocycles. The Kier molecular flexibility index (Phi) is 4.65. The zero-order valence-corrected chi connectivity index (χ0v) is 15.1. The van der Waals surface area contributed by atoms with Crippen LogP contribution < -0.4 is 4.74 Å². The number of carbonyl (C=O) groups excluding carboxylic acids is 1. The van der Waals surface area contributed by atoms with Crippen molar-refractivity contribution in [3.8, 4) is 5.75 Å². The van der Waals surface area contributed by atoms with Crippen LogP contribution in [0.5, 0.6) is 5.75 Å². The highest BCUT2D eigenvalue weighted by atomic mass is 16.5. The minimum atomic E-state index is 0.187. The number of amides is 1. The van der Waals surface area contributed by atoms with Crippen LogP contribution in [0.25, 0.3) is 10.9 Å². The second-order valence-electron chi connectivity index (χ2n) is 6.93. The van der Waals surface area contributed by atoms with Gasteiger partial charge in [0.05, 0.1) is 13.5 Å². The van der Waals surface area contributed by atoms with E-state index in [1.807, 2.05) is 29.2 Å². The summed E-state index contributed by atoms with van der Waals surface area (Å²) in [7, 11) is 1.65. The Balaban J connectivity index is 1.41. The lowest BCUT2D eigenvalue weighted by Gasteiger charge is -2.32. The molecule has 1 aliphatic rings. The molecule has 2 heterocycles. The van der Waals surface area contributed by atoms with Crippen LogP contribution in [-0.2, 0) is 11.2 Å². The predicted molar refractivity (Wildman–Crippen MR) is 104 cm³/mol. The lowest BCUT2D eigenvalue weighted by atomic mass is 9.89. The van der Waals surface area contributed by atoms with Gasteiger partial charge in [-0.25, -0.2) is 0 Å². The zero-order valence-electron chi connectivity index (χ0n) is 15.1. The third-order valence-corrected chi connectivity index (χ3v) is 5.44. The van der Waals surface area contributed by atoms with Crippen LogP contribution >= 0.6 is 0 Å². The summed E-state index contributed by atoms with van der Waals surface area (Å²) in [5.74, 6) is 1.49. The molecule has 26 heavy (non-hydrogen) atoms. The fraction of sp³-hybridized carbons (Fsp3) is 0.318. The van der Waals surface area contributed by atoms with Gasteiger partial charge in [0.2, 0.25) is 5.91 Å². The average Bonchev–Trinajstić information content (AvgIpc) is 3.12. The number of H-pyrrole nitrogens is 1. The molecule has 0 unspecified atom stereocenters. The molecule has 0 spiro atoms. The lowest BCUT2D eigenvalue weighted by Crippen LogP contribution is -2.38. The highest BCUT2D eigenvalue weighted by Gasteiger charge is 2.25. The van der Waals surface area contributed by atoms with Crippen molar-refractivity contribution >= 4 is 16.8 Å². The highest BCUT2D eigenvalue weighted by Crippen LogP contribution is 2.33. The standard InChI is InChI=1S/C22H24N2O2/c1-26-21-9-5-2-6-17(21)14-22(25)24-12-10-16(11-13-24)19-15-23-20-8-4-3-7-18(19)20/h2-9,15-16,23H,10-14H2,1H3. The molecule has 134 valence electrons. The molecule has 1 saturated heterocycles. The normalized spacial score (nSPS) is 15.3. The second kappa shape index (κ2) is 7.24. The molecule has 1 N–H and O–H groups in total. The smallest absolute Gasteiger partial charge is 0.227 e. The summed E-state index contributed by atoms with van der Waals surface area (Å²) in [6.07, 6.45) is 4.57. The SMILES string of the molecule is COc1ccccc1CC(=O)N1CCC(c2c[nH]c3ccccc23)CC1. The summed E-state index contributed by atoms with van der Waals surface area (Å²) in [5, 5.41) is 1.31. The van der Waals surface area contributed by atoms with Gasteiger partial charge in [-0.05, 0) is 36.5 Å². The number of fused-ring (bicyclic) bond motifs is 1. The van der Waals surface area contributed by atoms with Crippen molar-refractivity contribution in [2.45, 2.75) is 25.2 Å². The van der Waals surface area contributed by atoms with Gasteiger partial charge in [0.1, 0.15) is 5.75 Å². The molecule has 1 aromatic heterocycles. The number of hydrogen-bond donors (Lipinski definition) is 1. The van der Waals surface area contributed by atoms with E-state index in [1.165, 1.54) is 16.5 Å². The summed E-state index contributed by atoms with van der Waals surface area (Å²) in [5.41, 5.74) is 3.54. The van der Waals surface area contributed by atoms with Crippen molar-refractivity contribution in [2.75, 3.05) is 20.2 Å². The quantitative estimate of drug-likeness (QED) is 0.771. The Morgan fingerprint density at radius 3 is 2.65 bits per heavy atom. The van der Waals surface area contributed by atoms with Crippen LogP contribution in [0.15, 0.2) is 54.7 Å². The monoisotopic (exact) mass is 348 g/mol. The summed E-state index contributed by atoms with van der Waals surface area (Å²) in [4.78, 5) is 18.1. The van der Waals surface area contributed by atoms with Gasteiger partial charge in [0.25, 0.3) is 0 Å². The van der Waals surface area contributed by atoms with Crippen LogP contribution in [-0.4, -0.2) is 36.0 Å². The molecule has 0 radical (unpaired) electrons. The number of piperidine rings is 1. The van der Waals surface area contributed by atoms with E-state index >= 15 is 0 Å². The molecule has 0 bridgehead atoms. The Morgan fingerprint density at radius 2 is 1.85 bits per heavy atom. The maximum absolute atomic E-state index is 12.7. The van der Waals surface area contributed by atoms with Gasteiger partial charge in [-0.2, -0.15) is 0 Å². The number of aromatic nitrogens is 1. The third kappa shape index (κ3) is 3.19. The van der Waals surface area contributed by atoms with Crippen LogP contribution in [0.2, 0.25) is 0 Å². The van der Waals surface area contributed by atoms with E-state index in [2.05, 4.69) is 35.4 Å². The Hall–Kier alpha value is -2.75. The number of carbonyl (C=O) groups is 1. The van der Waals surface area contributed by atoms with Gasteiger partial charge in [-0.15, -0.1) is 0 Å². The zero-order chi connectivity index (χ0) is 17.9. The molecule has 0 atom stereocenters. The number of benzene rings is 2. The first-order valence-electron chi connectivity index (χ1n) is 9.22. The van der Waals surface area contributed by atoms with E-state index in [1.54, 1.807) is 7.11 Å². The molecule has 1 amide bonds. The molecular weight excluding hydrogens is 324 g/mol. The van der Waals surface area contributed by atoms with E-state index in [0.717, 1.165) is 37.2 Å². The van der Waals surface area contributed by atoms with Gasteiger partial charge >= 0.3 is 0 Å². The van der Waals surface area contributed by atoms with E-state index in [0.29, 0.717) is 12.3 Å². The van der Waals surface area contributed by atoms with Gasteiger partial charge in [0, 0.05) is 35.8 Å². The van der Waals surface area contributed by atoms with Crippen LogP contribution in [0.4, 0.5) is 0 Å². The maximum atomic E-state index is 12.7. The number of nitrogens with zero attached hydrogens (tertiary/aromatic N) is 1. The van der Waals surface area contributed by atoms with E-state index in [9.17, 15) is 4.79 Å². The summed E-state index contributed by atoms with van der Waals surface area (Å²) >= 11 is 0. The van der Waals surface area contributed by atoms with Crippen molar-refractivity contribution in [1.29, 1.82) is 0 Å². The fourth-order valence-corrected chi connectivity index (χ4v) is 4.00. The largest absolute Gasteiger partial charge is 0.496 e. The van der Waals surface area contributed by atoms with Crippen molar-refractivity contribution in [2.24, 2.45) is 0 Å². The van der Waals surface area contributed by atoms with Gasteiger partial charge in [-0.3, -0.25) is 4.79 Å². The molecule has 1 fully saturated rings. The molecule has 4 rings (SSSR count). The number of likely N-dealkylation sites (tertiary alicyclic amines) is 1. The Labute approximate surface area is 153 Å². The molecule has 0 aliphatic carbocycles. The molecule has 4 heteroatoms. The lowest BCUT2D eigenvalue weighted by molar-refractivity contribution is -0.131. The first-order valence-corrected chi connectivity index (χ1v) is 9.22. The number of methoxy groups -OCH3 is 1. The predicted octanol–water partition coefficient (Wildman–Crippen LogP) is 4.13. The second-order valence-corrected chi connectivity index (χ2v) is 6.93. The van der Waals surface area contributed by atoms with Crippen molar-refractivity contribution in [3.05, 3.63) is 65.9 Å². The molecular formula is C22H24N2O2. The van der Waals surface area contributed by atoms with E-state index in [-0.39, 0.29) is 5.91 Å². The topological polar surface area (TPSA) is 45.3 Å². The van der Waals surface area contributed by atoms with Gasteiger partial charge < -0.3 is 14.6 Å². The van der Waals surface area contributed by atoms with Crippen molar-refractivity contribution < 1.29 is 9.53 Å². The van der Waals surface area contributed by atoms with Gasteiger partial charge in [0.15, 0.2) is 0 Å². The van der Waals surface area contributed by atoms with E-state index in [4.69, 9.17) is 4.74 Å². The Bertz CT molecular complexity index is 907. The maximum Gasteiger partial charge on any atom is 0.227 e. The molecule has 4 nitrogen and oxygen atoms in total. The summed E-state index contributed by atoms with van der Waals surface area (Å²) in [6, 6.07) is 16.2. The number of rotatable bonds is 4. The van der Waals surface area contributed by atoms with Crippen LogP contribution in [0.1, 0.15) is 29.9 Å². The minimum Gasteiger partial charge on any atom is -0.496 e. The van der Waals surface area contributed by atoms with Gasteiger partial charge in [-0.1, -0.05) is 36.4 Å². The average molecular weight is 348 g/mol. The van der Waals surface area contributed by atoms with Crippen LogP contribution in [0.3, 0.4) is 0 Å². The Morgan fingerprint density at radius 1 is 1.12 bits per heavy atom. The van der Waals surface area contributed by atoms with E-state index < -0.39 is 0 Å². The molecule has 0 saturated carbocycles. The fourth-order valence-electron chi connectivity index (χ4n) is 4.00. The highest BCUT2D eigenvalue weighted by molar-refractivity contribution is 5.84. The summed E-state index contributed by atoms with van der Waals surface area (Å²) in [6.45, 7) is 1.64.